The first-order valence-electron chi connectivity index (χ1n) is 7.19. The zero-order valence-corrected chi connectivity index (χ0v) is 11.7. The van der Waals surface area contributed by atoms with Crippen LogP contribution in [0.3, 0.4) is 0 Å². The maximum atomic E-state index is 12.0. The molecule has 1 rings (SSSR count). The molecule has 0 bridgehead atoms. The molecular weight excluding hydrogens is 212 g/mol. The van der Waals surface area contributed by atoms with E-state index in [1.807, 2.05) is 4.90 Å². The van der Waals surface area contributed by atoms with E-state index < -0.39 is 0 Å². The molecular formula is C14H28N2O. The summed E-state index contributed by atoms with van der Waals surface area (Å²) in [6.45, 7) is 8.40. The van der Waals surface area contributed by atoms with Crippen molar-refractivity contribution in [1.29, 1.82) is 0 Å². The summed E-state index contributed by atoms with van der Waals surface area (Å²) in [6.07, 6.45) is 7.23. The summed E-state index contributed by atoms with van der Waals surface area (Å²) in [5, 5.41) is 3.12. The van der Waals surface area contributed by atoms with Crippen molar-refractivity contribution in [3.63, 3.8) is 0 Å². The Kier molecular flexibility index (Phi) is 6.38. The zero-order valence-electron chi connectivity index (χ0n) is 11.7. The van der Waals surface area contributed by atoms with Crippen LogP contribution in [0.15, 0.2) is 0 Å². The molecule has 0 aromatic carbocycles. The number of carbonyl (C=O) groups is 1. The molecule has 3 heteroatoms. The number of nitrogens with zero attached hydrogens (tertiary/aromatic N) is 1. The van der Waals surface area contributed by atoms with Crippen LogP contribution in [0.4, 0.5) is 4.79 Å². The summed E-state index contributed by atoms with van der Waals surface area (Å²) in [5.74, 6) is 0.657. The van der Waals surface area contributed by atoms with Gasteiger partial charge >= 0.3 is 6.03 Å². The molecule has 0 aliphatic carbocycles. The highest BCUT2D eigenvalue weighted by molar-refractivity contribution is 5.74. The minimum Gasteiger partial charge on any atom is -0.336 e. The summed E-state index contributed by atoms with van der Waals surface area (Å²) in [6, 6.07) is 0.451. The Bertz CT molecular complexity index is 230. The monoisotopic (exact) mass is 240 g/mol. The smallest absolute Gasteiger partial charge is 0.317 e. The molecule has 0 radical (unpaired) electrons. The van der Waals surface area contributed by atoms with Gasteiger partial charge in [0.15, 0.2) is 0 Å². The fourth-order valence-electron chi connectivity index (χ4n) is 2.45. The molecule has 1 aliphatic rings. The lowest BCUT2D eigenvalue weighted by Gasteiger charge is -2.32. The van der Waals surface area contributed by atoms with Crippen LogP contribution in [-0.2, 0) is 0 Å². The van der Waals surface area contributed by atoms with E-state index in [9.17, 15) is 4.79 Å². The van der Waals surface area contributed by atoms with Gasteiger partial charge in [0.2, 0.25) is 0 Å². The molecule has 1 fully saturated rings. The van der Waals surface area contributed by atoms with Gasteiger partial charge in [-0.05, 0) is 32.1 Å². The summed E-state index contributed by atoms with van der Waals surface area (Å²) < 4.78 is 0. The molecule has 1 N–H and O–H groups in total. The van der Waals surface area contributed by atoms with Crippen molar-refractivity contribution in [1.82, 2.24) is 10.2 Å². The van der Waals surface area contributed by atoms with Crippen molar-refractivity contribution < 1.29 is 4.79 Å². The molecule has 0 unspecified atom stereocenters. The lowest BCUT2D eigenvalue weighted by molar-refractivity contribution is 0.166. The van der Waals surface area contributed by atoms with Crippen LogP contribution in [0.2, 0.25) is 0 Å². The SMILES string of the molecule is CCCCC[C@H](C)NC(=O)N1CCC[C@@H](C)C1. The van der Waals surface area contributed by atoms with Crippen LogP contribution in [-0.4, -0.2) is 30.1 Å². The number of rotatable bonds is 5. The van der Waals surface area contributed by atoms with E-state index in [1.165, 1.54) is 25.7 Å². The van der Waals surface area contributed by atoms with E-state index >= 15 is 0 Å². The second kappa shape index (κ2) is 7.57. The van der Waals surface area contributed by atoms with Crippen LogP contribution in [0.1, 0.15) is 59.3 Å². The number of unbranched alkanes of at least 4 members (excludes halogenated alkanes) is 2. The molecule has 2 atom stereocenters. The molecule has 2 amide bonds. The zero-order chi connectivity index (χ0) is 12.7. The van der Waals surface area contributed by atoms with E-state index in [0.29, 0.717) is 12.0 Å². The van der Waals surface area contributed by atoms with Gasteiger partial charge in [0, 0.05) is 19.1 Å². The summed E-state index contributed by atoms with van der Waals surface area (Å²) in [5.41, 5.74) is 0. The Morgan fingerprint density at radius 2 is 2.24 bits per heavy atom. The minimum atomic E-state index is 0.139. The fraction of sp³-hybridized carbons (Fsp3) is 0.929. The number of amides is 2. The molecule has 3 nitrogen and oxygen atoms in total. The molecule has 0 aromatic rings. The second-order valence-electron chi connectivity index (χ2n) is 5.54. The third kappa shape index (κ3) is 5.42. The molecule has 100 valence electrons. The second-order valence-corrected chi connectivity index (χ2v) is 5.54. The fourth-order valence-corrected chi connectivity index (χ4v) is 2.45. The Morgan fingerprint density at radius 1 is 1.47 bits per heavy atom. The maximum Gasteiger partial charge on any atom is 0.317 e. The van der Waals surface area contributed by atoms with Crippen molar-refractivity contribution in [3.8, 4) is 0 Å². The number of piperidine rings is 1. The van der Waals surface area contributed by atoms with Gasteiger partial charge in [-0.2, -0.15) is 0 Å². The number of urea groups is 1. The third-order valence-electron chi connectivity index (χ3n) is 3.55. The first kappa shape index (κ1) is 14.3. The van der Waals surface area contributed by atoms with E-state index in [2.05, 4.69) is 26.1 Å². The molecule has 1 heterocycles. The van der Waals surface area contributed by atoms with Crippen molar-refractivity contribution in [2.45, 2.75) is 65.3 Å². The number of carbonyl (C=O) groups excluding carboxylic acids is 1. The van der Waals surface area contributed by atoms with Gasteiger partial charge in [0.1, 0.15) is 0 Å². The van der Waals surface area contributed by atoms with Gasteiger partial charge < -0.3 is 10.2 Å². The first-order chi connectivity index (χ1) is 8.13. The van der Waals surface area contributed by atoms with E-state index in [1.54, 1.807) is 0 Å². The van der Waals surface area contributed by atoms with Crippen molar-refractivity contribution in [2.24, 2.45) is 5.92 Å². The van der Waals surface area contributed by atoms with Crippen molar-refractivity contribution >= 4 is 6.03 Å². The van der Waals surface area contributed by atoms with Crippen LogP contribution in [0.25, 0.3) is 0 Å². The lowest BCUT2D eigenvalue weighted by Crippen LogP contribution is -2.47. The van der Waals surface area contributed by atoms with Crippen molar-refractivity contribution in [3.05, 3.63) is 0 Å². The number of likely N-dealkylation sites (tertiary alicyclic amines) is 1. The standard InChI is InChI=1S/C14H28N2O/c1-4-5-6-9-13(3)15-14(17)16-10-7-8-12(2)11-16/h12-13H,4-11H2,1-3H3,(H,15,17)/t12-,13+/m1/s1. The van der Waals surface area contributed by atoms with Crippen LogP contribution >= 0.6 is 0 Å². The molecule has 1 saturated heterocycles. The van der Waals surface area contributed by atoms with E-state index in [0.717, 1.165) is 25.9 Å². The van der Waals surface area contributed by atoms with Crippen molar-refractivity contribution in [2.75, 3.05) is 13.1 Å². The lowest BCUT2D eigenvalue weighted by atomic mass is 10.0. The number of nitrogens with one attached hydrogen (secondary N) is 1. The quantitative estimate of drug-likeness (QED) is 0.734. The molecule has 1 aliphatic heterocycles. The van der Waals surface area contributed by atoms with Gasteiger partial charge in [0.05, 0.1) is 0 Å². The Balaban J connectivity index is 2.22. The molecule has 17 heavy (non-hydrogen) atoms. The van der Waals surface area contributed by atoms with E-state index in [-0.39, 0.29) is 6.03 Å². The normalized spacial score (nSPS) is 22.3. The van der Waals surface area contributed by atoms with Gasteiger partial charge in [-0.3, -0.25) is 0 Å². The predicted molar refractivity (Wildman–Crippen MR) is 72.1 cm³/mol. The Morgan fingerprint density at radius 3 is 2.88 bits per heavy atom. The van der Waals surface area contributed by atoms with Crippen LogP contribution in [0.5, 0.6) is 0 Å². The third-order valence-corrected chi connectivity index (χ3v) is 3.55. The predicted octanol–water partition coefficient (Wildman–Crippen LogP) is 3.40. The van der Waals surface area contributed by atoms with Gasteiger partial charge in [-0.15, -0.1) is 0 Å². The number of hydrogen-bond donors (Lipinski definition) is 1. The summed E-state index contributed by atoms with van der Waals surface area (Å²) >= 11 is 0. The Hall–Kier alpha value is -0.730. The van der Waals surface area contributed by atoms with Gasteiger partial charge in [-0.1, -0.05) is 33.1 Å². The van der Waals surface area contributed by atoms with Gasteiger partial charge in [-0.25, -0.2) is 4.79 Å². The highest BCUT2D eigenvalue weighted by Gasteiger charge is 2.21. The first-order valence-corrected chi connectivity index (χ1v) is 7.19. The molecule has 0 saturated carbocycles. The molecule has 0 spiro atoms. The molecule has 0 aromatic heterocycles. The largest absolute Gasteiger partial charge is 0.336 e. The number of hydrogen-bond acceptors (Lipinski definition) is 1. The Labute approximate surface area is 106 Å². The maximum absolute atomic E-state index is 12.0. The summed E-state index contributed by atoms with van der Waals surface area (Å²) in [7, 11) is 0. The average molecular weight is 240 g/mol. The highest BCUT2D eigenvalue weighted by Crippen LogP contribution is 2.15. The van der Waals surface area contributed by atoms with Gasteiger partial charge in [0.25, 0.3) is 0 Å². The van der Waals surface area contributed by atoms with Crippen LogP contribution < -0.4 is 5.32 Å². The van der Waals surface area contributed by atoms with E-state index in [4.69, 9.17) is 0 Å². The van der Waals surface area contributed by atoms with Crippen LogP contribution in [0, 0.1) is 5.92 Å². The summed E-state index contributed by atoms with van der Waals surface area (Å²) in [4.78, 5) is 14.0. The average Bonchev–Trinajstić information content (AvgIpc) is 2.29. The minimum absolute atomic E-state index is 0.139. The topological polar surface area (TPSA) is 32.3 Å². The highest BCUT2D eigenvalue weighted by atomic mass is 16.2.